The van der Waals surface area contributed by atoms with Gasteiger partial charge in [-0.15, -0.1) is 0 Å². The van der Waals surface area contributed by atoms with Gasteiger partial charge in [0.15, 0.2) is 5.69 Å². The largest absolute Gasteiger partial charge is 0.461 e. The van der Waals surface area contributed by atoms with Crippen molar-refractivity contribution in [2.45, 2.75) is 26.2 Å². The zero-order valence-electron chi connectivity index (χ0n) is 9.45. The summed E-state index contributed by atoms with van der Waals surface area (Å²) in [5.74, 6) is -0.278. The quantitative estimate of drug-likeness (QED) is 0.689. The van der Waals surface area contributed by atoms with Crippen LogP contribution in [0.1, 0.15) is 35.1 Å². The maximum atomic E-state index is 11.6. The molecule has 5 nitrogen and oxygen atoms in total. The molecule has 1 heterocycles. The Morgan fingerprint density at radius 2 is 2.25 bits per heavy atom. The Kier molecular flexibility index (Phi) is 2.77. The van der Waals surface area contributed by atoms with Gasteiger partial charge in [0.1, 0.15) is 5.78 Å². The van der Waals surface area contributed by atoms with Crippen LogP contribution in [0.5, 0.6) is 0 Å². The number of Topliss-reactive ketones (excluding diaryl/α,β-unsaturated/α-hetero) is 1. The molecule has 5 heteroatoms. The highest BCUT2D eigenvalue weighted by molar-refractivity contribution is 5.93. The Morgan fingerprint density at radius 1 is 1.50 bits per heavy atom. The molecule has 1 aliphatic carbocycles. The first-order valence-corrected chi connectivity index (χ1v) is 5.37. The first-order chi connectivity index (χ1) is 7.63. The van der Waals surface area contributed by atoms with Gasteiger partial charge in [-0.2, -0.15) is 5.10 Å². The number of hydrogen-bond acceptors (Lipinski definition) is 4. The molecular weight excluding hydrogens is 208 g/mol. The highest BCUT2D eigenvalue weighted by Crippen LogP contribution is 2.22. The van der Waals surface area contributed by atoms with E-state index < -0.39 is 5.97 Å². The molecule has 0 radical (unpaired) electrons. The van der Waals surface area contributed by atoms with E-state index in [0.717, 1.165) is 11.3 Å². The summed E-state index contributed by atoms with van der Waals surface area (Å²) in [6, 6.07) is 0. The third-order valence-corrected chi connectivity index (χ3v) is 2.76. The number of nitrogens with zero attached hydrogens (tertiary/aromatic N) is 2. The molecule has 0 N–H and O–H groups in total. The highest BCUT2D eigenvalue weighted by Gasteiger charge is 2.27. The van der Waals surface area contributed by atoms with Gasteiger partial charge in [0.25, 0.3) is 0 Å². The van der Waals surface area contributed by atoms with Crippen LogP contribution in [-0.2, 0) is 29.4 Å². The summed E-state index contributed by atoms with van der Waals surface area (Å²) in [6.07, 6.45) is 1.50. The van der Waals surface area contributed by atoms with Crippen molar-refractivity contribution in [2.75, 3.05) is 6.61 Å². The van der Waals surface area contributed by atoms with E-state index in [2.05, 4.69) is 5.10 Å². The lowest BCUT2D eigenvalue weighted by Crippen LogP contribution is -2.16. The SMILES string of the molecule is CCOC(=O)c1nn(C)c2c1CC(=O)CC2. The average Bonchev–Trinajstić information content (AvgIpc) is 2.56. The topological polar surface area (TPSA) is 61.2 Å². The van der Waals surface area contributed by atoms with Crippen LogP contribution in [0, 0.1) is 0 Å². The van der Waals surface area contributed by atoms with Gasteiger partial charge in [0.05, 0.1) is 6.61 Å². The van der Waals surface area contributed by atoms with E-state index in [1.807, 2.05) is 0 Å². The lowest BCUT2D eigenvalue weighted by atomic mass is 9.94. The Bertz CT molecular complexity index is 448. The second-order valence-corrected chi connectivity index (χ2v) is 3.83. The maximum Gasteiger partial charge on any atom is 0.359 e. The van der Waals surface area contributed by atoms with E-state index in [1.54, 1.807) is 18.7 Å². The molecule has 0 atom stereocenters. The van der Waals surface area contributed by atoms with Gasteiger partial charge in [0.2, 0.25) is 0 Å². The van der Waals surface area contributed by atoms with Crippen molar-refractivity contribution in [3.05, 3.63) is 17.0 Å². The Labute approximate surface area is 93.4 Å². The molecule has 0 spiro atoms. The molecule has 2 rings (SSSR count). The molecule has 0 amide bonds. The van der Waals surface area contributed by atoms with Gasteiger partial charge in [-0.3, -0.25) is 9.48 Å². The van der Waals surface area contributed by atoms with Crippen molar-refractivity contribution < 1.29 is 14.3 Å². The normalized spacial score (nSPS) is 14.8. The molecule has 1 aromatic rings. The monoisotopic (exact) mass is 222 g/mol. The summed E-state index contributed by atoms with van der Waals surface area (Å²) in [5.41, 5.74) is 2.02. The van der Waals surface area contributed by atoms with Crippen LogP contribution in [0.4, 0.5) is 0 Å². The Morgan fingerprint density at radius 3 is 2.94 bits per heavy atom. The number of ether oxygens (including phenoxy) is 1. The lowest BCUT2D eigenvalue weighted by molar-refractivity contribution is -0.118. The molecule has 0 saturated carbocycles. The first-order valence-electron chi connectivity index (χ1n) is 5.37. The van der Waals surface area contributed by atoms with Gasteiger partial charge in [0, 0.05) is 31.1 Å². The lowest BCUT2D eigenvalue weighted by Gasteiger charge is -2.11. The minimum absolute atomic E-state index is 0.158. The van der Waals surface area contributed by atoms with E-state index in [4.69, 9.17) is 4.74 Å². The van der Waals surface area contributed by atoms with E-state index in [9.17, 15) is 9.59 Å². The minimum atomic E-state index is -0.436. The number of aryl methyl sites for hydroxylation is 1. The van der Waals surface area contributed by atoms with Crippen molar-refractivity contribution in [1.82, 2.24) is 9.78 Å². The van der Waals surface area contributed by atoms with Crippen molar-refractivity contribution in [3.63, 3.8) is 0 Å². The van der Waals surface area contributed by atoms with Crippen molar-refractivity contribution in [1.29, 1.82) is 0 Å². The van der Waals surface area contributed by atoms with Gasteiger partial charge >= 0.3 is 5.97 Å². The first kappa shape index (κ1) is 10.9. The molecule has 0 unspecified atom stereocenters. The number of carbonyl (C=O) groups excluding carboxylic acids is 2. The van der Waals surface area contributed by atoms with Crippen LogP contribution in [0.15, 0.2) is 0 Å². The summed E-state index contributed by atoms with van der Waals surface area (Å²) in [7, 11) is 1.79. The standard InChI is InChI=1S/C11H14N2O3/c1-3-16-11(15)10-8-6-7(14)4-5-9(8)13(2)12-10/h3-6H2,1-2H3. The molecule has 0 fully saturated rings. The fourth-order valence-corrected chi connectivity index (χ4v) is 2.01. The van der Waals surface area contributed by atoms with Crippen LogP contribution in [0.25, 0.3) is 0 Å². The molecular formula is C11H14N2O3. The Hall–Kier alpha value is -1.65. The van der Waals surface area contributed by atoms with Crippen LogP contribution >= 0.6 is 0 Å². The molecule has 0 aromatic carbocycles. The molecule has 86 valence electrons. The summed E-state index contributed by atoms with van der Waals surface area (Å²) in [5, 5.41) is 4.14. The van der Waals surface area contributed by atoms with Crippen molar-refractivity contribution >= 4 is 11.8 Å². The fraction of sp³-hybridized carbons (Fsp3) is 0.545. The molecule has 0 bridgehead atoms. The van der Waals surface area contributed by atoms with Gasteiger partial charge in [-0.25, -0.2) is 4.79 Å². The van der Waals surface area contributed by atoms with Crippen LogP contribution in [-0.4, -0.2) is 28.1 Å². The summed E-state index contributed by atoms with van der Waals surface area (Å²) < 4.78 is 6.59. The predicted octanol–water partition coefficient (Wildman–Crippen LogP) is 0.655. The summed E-state index contributed by atoms with van der Waals surface area (Å²) in [6.45, 7) is 2.07. The van der Waals surface area contributed by atoms with E-state index in [1.165, 1.54) is 0 Å². The van der Waals surface area contributed by atoms with Crippen molar-refractivity contribution in [2.24, 2.45) is 7.05 Å². The van der Waals surface area contributed by atoms with Gasteiger partial charge in [-0.1, -0.05) is 0 Å². The number of fused-ring (bicyclic) bond motifs is 1. The van der Waals surface area contributed by atoms with E-state index in [0.29, 0.717) is 31.6 Å². The van der Waals surface area contributed by atoms with Crippen LogP contribution in [0.2, 0.25) is 0 Å². The summed E-state index contributed by atoms with van der Waals surface area (Å²) in [4.78, 5) is 23.0. The second kappa shape index (κ2) is 4.08. The number of rotatable bonds is 2. The zero-order chi connectivity index (χ0) is 11.7. The minimum Gasteiger partial charge on any atom is -0.461 e. The number of hydrogen-bond donors (Lipinski definition) is 0. The second-order valence-electron chi connectivity index (χ2n) is 3.83. The van der Waals surface area contributed by atoms with Crippen LogP contribution < -0.4 is 0 Å². The summed E-state index contributed by atoms with van der Waals surface area (Å²) >= 11 is 0. The van der Waals surface area contributed by atoms with E-state index in [-0.39, 0.29) is 5.78 Å². The number of esters is 1. The average molecular weight is 222 g/mol. The Balaban J connectivity index is 2.40. The fourth-order valence-electron chi connectivity index (χ4n) is 2.01. The third kappa shape index (κ3) is 1.73. The smallest absolute Gasteiger partial charge is 0.359 e. The highest BCUT2D eigenvalue weighted by atomic mass is 16.5. The molecule has 0 aliphatic heterocycles. The van der Waals surface area contributed by atoms with E-state index >= 15 is 0 Å². The molecule has 16 heavy (non-hydrogen) atoms. The third-order valence-electron chi connectivity index (χ3n) is 2.76. The number of aromatic nitrogens is 2. The number of ketones is 1. The molecule has 0 saturated heterocycles. The van der Waals surface area contributed by atoms with Gasteiger partial charge < -0.3 is 4.74 Å². The van der Waals surface area contributed by atoms with Crippen molar-refractivity contribution in [3.8, 4) is 0 Å². The molecule has 1 aromatic heterocycles. The predicted molar refractivity (Wildman–Crippen MR) is 56.2 cm³/mol. The van der Waals surface area contributed by atoms with Gasteiger partial charge in [-0.05, 0) is 13.3 Å². The number of carbonyl (C=O) groups is 2. The maximum absolute atomic E-state index is 11.6. The molecule has 1 aliphatic rings. The van der Waals surface area contributed by atoms with Crippen LogP contribution in [0.3, 0.4) is 0 Å². The zero-order valence-corrected chi connectivity index (χ0v) is 9.45.